The highest BCUT2D eigenvalue weighted by Crippen LogP contribution is 2.21. The Morgan fingerprint density at radius 3 is 2.20 bits per heavy atom. The minimum absolute atomic E-state index is 0.193. The molecule has 0 radical (unpaired) electrons. The molecule has 7 heteroatoms. The van der Waals surface area contributed by atoms with Crippen molar-refractivity contribution in [3.05, 3.63) is 59.7 Å². The van der Waals surface area contributed by atoms with Crippen molar-refractivity contribution in [3.8, 4) is 11.8 Å². The van der Waals surface area contributed by atoms with Gasteiger partial charge in [-0.25, -0.2) is 8.78 Å². The van der Waals surface area contributed by atoms with E-state index in [0.717, 1.165) is 12.1 Å². The summed E-state index contributed by atoms with van der Waals surface area (Å²) < 4.78 is 54.1. The quantitative estimate of drug-likeness (QED) is 0.816. The van der Waals surface area contributed by atoms with Crippen LogP contribution in [0.5, 0.6) is 5.75 Å². The van der Waals surface area contributed by atoms with Crippen molar-refractivity contribution in [1.82, 2.24) is 0 Å². The highest BCUT2D eigenvalue weighted by molar-refractivity contribution is 7.87. The molecule has 20 heavy (non-hydrogen) atoms. The Bertz CT molecular complexity index is 780. The molecule has 2 aromatic carbocycles. The van der Waals surface area contributed by atoms with Gasteiger partial charge in [0, 0.05) is 6.07 Å². The zero-order valence-corrected chi connectivity index (χ0v) is 10.7. The maximum Gasteiger partial charge on any atom is 0.339 e. The molecule has 102 valence electrons. The van der Waals surface area contributed by atoms with E-state index in [1.165, 1.54) is 24.3 Å². The third-order valence-corrected chi connectivity index (χ3v) is 3.63. The fourth-order valence-electron chi connectivity index (χ4n) is 1.40. The summed E-state index contributed by atoms with van der Waals surface area (Å²) in [6.45, 7) is 0. The van der Waals surface area contributed by atoms with Crippen LogP contribution in [0.15, 0.2) is 47.4 Å². The Kier molecular flexibility index (Phi) is 3.68. The maximum absolute atomic E-state index is 13.0. The molecule has 0 amide bonds. The van der Waals surface area contributed by atoms with Crippen molar-refractivity contribution >= 4 is 10.1 Å². The Morgan fingerprint density at radius 1 is 1.00 bits per heavy atom. The SMILES string of the molecule is N#Cc1ccc(S(=O)(=O)Oc2ccc(F)c(F)c2)cc1. The van der Waals surface area contributed by atoms with Gasteiger partial charge in [-0.15, -0.1) is 0 Å². The van der Waals surface area contributed by atoms with Crippen molar-refractivity contribution in [2.45, 2.75) is 4.90 Å². The van der Waals surface area contributed by atoms with E-state index in [4.69, 9.17) is 5.26 Å². The Balaban J connectivity index is 2.30. The molecular formula is C13H7F2NO3S. The smallest absolute Gasteiger partial charge is 0.339 e. The number of rotatable bonds is 3. The van der Waals surface area contributed by atoms with Crippen molar-refractivity contribution in [1.29, 1.82) is 5.26 Å². The van der Waals surface area contributed by atoms with E-state index < -0.39 is 21.8 Å². The summed E-state index contributed by atoms with van der Waals surface area (Å²) in [5.41, 5.74) is 0.289. The highest BCUT2D eigenvalue weighted by atomic mass is 32.2. The standard InChI is InChI=1S/C13H7F2NO3S/c14-12-6-3-10(7-13(12)15)19-20(17,18)11-4-1-9(8-16)2-5-11/h1-7H. The fourth-order valence-corrected chi connectivity index (χ4v) is 2.32. The molecule has 0 bridgehead atoms. The first-order chi connectivity index (χ1) is 9.42. The Morgan fingerprint density at radius 2 is 1.65 bits per heavy atom. The number of benzene rings is 2. The first-order valence-electron chi connectivity index (χ1n) is 5.32. The third kappa shape index (κ3) is 2.92. The second kappa shape index (κ2) is 5.27. The number of hydrogen-bond donors (Lipinski definition) is 0. The molecule has 0 heterocycles. The largest absolute Gasteiger partial charge is 0.379 e. The molecule has 2 rings (SSSR count). The number of nitriles is 1. The molecule has 0 saturated carbocycles. The minimum Gasteiger partial charge on any atom is -0.379 e. The Hall–Kier alpha value is -2.46. The molecular weight excluding hydrogens is 288 g/mol. The molecule has 0 atom stereocenters. The van der Waals surface area contributed by atoms with E-state index in [-0.39, 0.29) is 16.2 Å². The minimum atomic E-state index is -4.17. The van der Waals surface area contributed by atoms with Gasteiger partial charge in [-0.1, -0.05) is 0 Å². The average Bonchev–Trinajstić information content (AvgIpc) is 2.43. The third-order valence-electron chi connectivity index (χ3n) is 2.37. The van der Waals surface area contributed by atoms with Gasteiger partial charge in [-0.3, -0.25) is 0 Å². The van der Waals surface area contributed by atoms with Crippen molar-refractivity contribution < 1.29 is 21.4 Å². The van der Waals surface area contributed by atoms with E-state index >= 15 is 0 Å². The lowest BCUT2D eigenvalue weighted by atomic mass is 10.2. The fraction of sp³-hybridized carbons (Fsp3) is 0. The van der Waals surface area contributed by atoms with E-state index in [0.29, 0.717) is 6.07 Å². The molecule has 0 aliphatic carbocycles. The number of hydrogen-bond acceptors (Lipinski definition) is 4. The van der Waals surface area contributed by atoms with Crippen molar-refractivity contribution in [2.24, 2.45) is 0 Å². The van der Waals surface area contributed by atoms with E-state index in [2.05, 4.69) is 4.18 Å². The van der Waals surface area contributed by atoms with Crippen molar-refractivity contribution in [2.75, 3.05) is 0 Å². The van der Waals surface area contributed by atoms with Gasteiger partial charge in [-0.2, -0.15) is 13.7 Å². The van der Waals surface area contributed by atoms with Gasteiger partial charge in [0.25, 0.3) is 0 Å². The monoisotopic (exact) mass is 295 g/mol. The topological polar surface area (TPSA) is 67.2 Å². The Labute approximate surface area is 114 Å². The van der Waals surface area contributed by atoms with Crippen LogP contribution in [0.3, 0.4) is 0 Å². The van der Waals surface area contributed by atoms with Gasteiger partial charge >= 0.3 is 10.1 Å². The summed E-state index contributed by atoms with van der Waals surface area (Å²) in [6, 6.07) is 9.23. The predicted molar refractivity (Wildman–Crippen MR) is 65.3 cm³/mol. The molecule has 0 saturated heterocycles. The average molecular weight is 295 g/mol. The zero-order chi connectivity index (χ0) is 14.8. The van der Waals surface area contributed by atoms with Crippen LogP contribution in [-0.4, -0.2) is 8.42 Å². The normalized spacial score (nSPS) is 10.8. The van der Waals surface area contributed by atoms with Crippen LogP contribution in [0.1, 0.15) is 5.56 Å². The van der Waals surface area contributed by atoms with Crippen LogP contribution in [0, 0.1) is 23.0 Å². The van der Waals surface area contributed by atoms with Gasteiger partial charge in [0.05, 0.1) is 11.6 Å². The summed E-state index contributed by atoms with van der Waals surface area (Å²) in [7, 11) is -4.17. The highest BCUT2D eigenvalue weighted by Gasteiger charge is 2.17. The second-order valence-electron chi connectivity index (χ2n) is 3.75. The molecule has 4 nitrogen and oxygen atoms in total. The first kappa shape index (κ1) is 14.0. The molecule has 0 unspecified atom stereocenters. The van der Waals surface area contributed by atoms with E-state index in [9.17, 15) is 17.2 Å². The van der Waals surface area contributed by atoms with E-state index in [1.807, 2.05) is 6.07 Å². The van der Waals surface area contributed by atoms with Crippen LogP contribution in [0.2, 0.25) is 0 Å². The van der Waals surface area contributed by atoms with Gasteiger partial charge in [0.1, 0.15) is 10.6 Å². The lowest BCUT2D eigenvalue weighted by Crippen LogP contribution is -2.10. The molecule has 0 aromatic heterocycles. The van der Waals surface area contributed by atoms with Gasteiger partial charge in [0.15, 0.2) is 11.6 Å². The van der Waals surface area contributed by atoms with Crippen molar-refractivity contribution in [3.63, 3.8) is 0 Å². The summed E-state index contributed by atoms with van der Waals surface area (Å²) in [5.74, 6) is -2.65. The predicted octanol–water partition coefficient (Wildman–Crippen LogP) is 2.60. The summed E-state index contributed by atoms with van der Waals surface area (Å²) >= 11 is 0. The summed E-state index contributed by atoms with van der Waals surface area (Å²) in [6.07, 6.45) is 0. The second-order valence-corrected chi connectivity index (χ2v) is 5.30. The summed E-state index contributed by atoms with van der Waals surface area (Å²) in [5, 5.41) is 8.62. The lowest BCUT2D eigenvalue weighted by molar-refractivity contribution is 0.472. The molecule has 0 spiro atoms. The molecule has 0 aliphatic heterocycles. The molecule has 0 N–H and O–H groups in total. The molecule has 0 fully saturated rings. The first-order valence-corrected chi connectivity index (χ1v) is 6.73. The van der Waals surface area contributed by atoms with E-state index in [1.54, 1.807) is 0 Å². The zero-order valence-electron chi connectivity index (χ0n) is 9.88. The van der Waals surface area contributed by atoms with Crippen LogP contribution in [0.4, 0.5) is 8.78 Å². The van der Waals surface area contributed by atoms with Gasteiger partial charge in [-0.05, 0) is 36.4 Å². The lowest BCUT2D eigenvalue weighted by Gasteiger charge is -2.07. The van der Waals surface area contributed by atoms with Gasteiger partial charge in [0.2, 0.25) is 0 Å². The van der Waals surface area contributed by atoms with Gasteiger partial charge < -0.3 is 4.18 Å². The summed E-state index contributed by atoms with van der Waals surface area (Å²) in [4.78, 5) is -0.193. The molecule has 0 aliphatic rings. The maximum atomic E-state index is 13.0. The van der Waals surface area contributed by atoms with Crippen LogP contribution in [-0.2, 0) is 10.1 Å². The van der Waals surface area contributed by atoms with Crippen LogP contribution < -0.4 is 4.18 Å². The molecule has 2 aromatic rings. The number of halogens is 2. The van der Waals surface area contributed by atoms with Crippen LogP contribution >= 0.6 is 0 Å². The number of nitrogens with zero attached hydrogens (tertiary/aromatic N) is 1. The van der Waals surface area contributed by atoms with Crippen LogP contribution in [0.25, 0.3) is 0 Å².